The maximum Gasteiger partial charge on any atom is 0.140 e. The van der Waals surface area contributed by atoms with E-state index in [0.717, 1.165) is 5.69 Å². The first-order chi connectivity index (χ1) is 10.2. The molecule has 0 radical (unpaired) electrons. The Bertz CT molecular complexity index is 471. The van der Waals surface area contributed by atoms with Crippen LogP contribution in [0.25, 0.3) is 0 Å². The standard InChI is InChI=1S/C15H22N2O4/c1-12-10-15(14(11-16)13(2)17-12)21-9-8-20-7-6-19-5-4-18-3/h10H,4-9H2,1-3H3. The average Bonchev–Trinajstić information content (AvgIpc) is 2.45. The molecule has 0 spiro atoms. The second kappa shape index (κ2) is 10.1. The molecule has 1 aromatic heterocycles. The molecule has 0 saturated heterocycles. The zero-order valence-electron chi connectivity index (χ0n) is 12.8. The highest BCUT2D eigenvalue weighted by Gasteiger charge is 2.08. The number of methoxy groups -OCH3 is 1. The summed E-state index contributed by atoms with van der Waals surface area (Å²) >= 11 is 0. The smallest absolute Gasteiger partial charge is 0.140 e. The van der Waals surface area contributed by atoms with Crippen LogP contribution in [0, 0.1) is 25.2 Å². The van der Waals surface area contributed by atoms with Crippen LogP contribution in [0.4, 0.5) is 0 Å². The van der Waals surface area contributed by atoms with Gasteiger partial charge in [0.15, 0.2) is 0 Å². The number of pyridine rings is 1. The fourth-order valence-electron chi connectivity index (χ4n) is 1.72. The zero-order chi connectivity index (χ0) is 15.5. The number of ether oxygens (including phenoxy) is 4. The van der Waals surface area contributed by atoms with Gasteiger partial charge in [0.05, 0.1) is 38.7 Å². The highest BCUT2D eigenvalue weighted by molar-refractivity contribution is 5.46. The van der Waals surface area contributed by atoms with Crippen molar-refractivity contribution in [1.82, 2.24) is 4.98 Å². The Morgan fingerprint density at radius 2 is 1.67 bits per heavy atom. The molecule has 0 bridgehead atoms. The molecule has 21 heavy (non-hydrogen) atoms. The summed E-state index contributed by atoms with van der Waals surface area (Å²) in [7, 11) is 1.63. The fourth-order valence-corrected chi connectivity index (χ4v) is 1.72. The Labute approximate surface area is 125 Å². The van der Waals surface area contributed by atoms with E-state index in [1.807, 2.05) is 6.92 Å². The van der Waals surface area contributed by atoms with Gasteiger partial charge in [0.2, 0.25) is 0 Å². The van der Waals surface area contributed by atoms with Crippen LogP contribution in [0.15, 0.2) is 6.07 Å². The first kappa shape index (κ1) is 17.4. The van der Waals surface area contributed by atoms with Crippen LogP contribution >= 0.6 is 0 Å². The maximum atomic E-state index is 9.11. The topological polar surface area (TPSA) is 73.6 Å². The minimum Gasteiger partial charge on any atom is -0.490 e. The molecule has 0 amide bonds. The Hall–Kier alpha value is -1.68. The second-order valence-corrected chi connectivity index (χ2v) is 4.40. The molecule has 1 heterocycles. The Kier molecular flexibility index (Phi) is 8.36. The number of rotatable bonds is 10. The van der Waals surface area contributed by atoms with Gasteiger partial charge in [-0.05, 0) is 13.8 Å². The number of nitrogens with zero attached hydrogens (tertiary/aromatic N) is 2. The molecule has 116 valence electrons. The molecular formula is C15H22N2O4. The van der Waals surface area contributed by atoms with E-state index in [4.69, 9.17) is 24.2 Å². The average molecular weight is 294 g/mol. The normalized spacial score (nSPS) is 10.4. The van der Waals surface area contributed by atoms with E-state index in [1.54, 1.807) is 20.1 Å². The highest BCUT2D eigenvalue weighted by Crippen LogP contribution is 2.20. The third-order valence-electron chi connectivity index (χ3n) is 2.69. The molecule has 1 aromatic rings. The lowest BCUT2D eigenvalue weighted by Crippen LogP contribution is -2.13. The van der Waals surface area contributed by atoms with E-state index in [-0.39, 0.29) is 0 Å². The van der Waals surface area contributed by atoms with Gasteiger partial charge in [0.25, 0.3) is 0 Å². The van der Waals surface area contributed by atoms with Crippen molar-refractivity contribution in [3.8, 4) is 11.8 Å². The lowest BCUT2D eigenvalue weighted by atomic mass is 10.2. The Morgan fingerprint density at radius 1 is 1.05 bits per heavy atom. The van der Waals surface area contributed by atoms with Crippen LogP contribution in [0.1, 0.15) is 17.0 Å². The predicted octanol–water partition coefficient (Wildman–Crippen LogP) is 1.63. The van der Waals surface area contributed by atoms with Crippen molar-refractivity contribution in [3.05, 3.63) is 23.0 Å². The van der Waals surface area contributed by atoms with E-state index < -0.39 is 0 Å². The molecule has 0 aliphatic rings. The molecule has 0 fully saturated rings. The summed E-state index contributed by atoms with van der Waals surface area (Å²) in [4.78, 5) is 4.24. The molecule has 6 heteroatoms. The van der Waals surface area contributed by atoms with Gasteiger partial charge in [0.1, 0.15) is 24.0 Å². The van der Waals surface area contributed by atoms with Crippen LogP contribution < -0.4 is 4.74 Å². The minimum atomic E-state index is 0.385. The number of nitriles is 1. The first-order valence-electron chi connectivity index (χ1n) is 6.84. The fraction of sp³-hybridized carbons (Fsp3) is 0.600. The van der Waals surface area contributed by atoms with Gasteiger partial charge in [-0.15, -0.1) is 0 Å². The quantitative estimate of drug-likeness (QED) is 0.611. The third kappa shape index (κ3) is 6.54. The summed E-state index contributed by atoms with van der Waals surface area (Å²) in [5.74, 6) is 0.558. The van der Waals surface area contributed by atoms with Crippen molar-refractivity contribution in [1.29, 1.82) is 5.26 Å². The minimum absolute atomic E-state index is 0.385. The van der Waals surface area contributed by atoms with E-state index in [0.29, 0.717) is 56.6 Å². The number of hydrogen-bond acceptors (Lipinski definition) is 6. The van der Waals surface area contributed by atoms with E-state index in [1.165, 1.54) is 0 Å². The highest BCUT2D eigenvalue weighted by atomic mass is 16.6. The summed E-state index contributed by atoms with van der Waals surface area (Å²) in [6.45, 7) is 6.68. The van der Waals surface area contributed by atoms with Gasteiger partial charge in [-0.3, -0.25) is 4.98 Å². The lowest BCUT2D eigenvalue weighted by molar-refractivity contribution is 0.0179. The van der Waals surface area contributed by atoms with E-state index in [2.05, 4.69) is 11.1 Å². The Morgan fingerprint density at radius 3 is 2.29 bits per heavy atom. The molecule has 0 unspecified atom stereocenters. The van der Waals surface area contributed by atoms with Crippen molar-refractivity contribution in [2.24, 2.45) is 0 Å². The van der Waals surface area contributed by atoms with Crippen LogP contribution in [0.5, 0.6) is 5.75 Å². The van der Waals surface area contributed by atoms with Crippen LogP contribution in [0.3, 0.4) is 0 Å². The van der Waals surface area contributed by atoms with Crippen molar-refractivity contribution >= 4 is 0 Å². The van der Waals surface area contributed by atoms with Crippen molar-refractivity contribution < 1.29 is 18.9 Å². The van der Waals surface area contributed by atoms with Gasteiger partial charge in [0, 0.05) is 18.9 Å². The van der Waals surface area contributed by atoms with Gasteiger partial charge in [-0.25, -0.2) is 0 Å². The largest absolute Gasteiger partial charge is 0.490 e. The second-order valence-electron chi connectivity index (χ2n) is 4.40. The monoisotopic (exact) mass is 294 g/mol. The van der Waals surface area contributed by atoms with Gasteiger partial charge >= 0.3 is 0 Å². The summed E-state index contributed by atoms with van der Waals surface area (Å²) in [6, 6.07) is 3.87. The predicted molar refractivity (Wildman–Crippen MR) is 77.4 cm³/mol. The number of aromatic nitrogens is 1. The first-order valence-corrected chi connectivity index (χ1v) is 6.84. The molecular weight excluding hydrogens is 272 g/mol. The third-order valence-corrected chi connectivity index (χ3v) is 2.69. The number of aryl methyl sites for hydroxylation is 2. The molecule has 0 N–H and O–H groups in total. The van der Waals surface area contributed by atoms with Gasteiger partial charge < -0.3 is 18.9 Å². The SMILES string of the molecule is COCCOCCOCCOc1cc(C)nc(C)c1C#N. The van der Waals surface area contributed by atoms with Gasteiger partial charge in [-0.1, -0.05) is 0 Å². The molecule has 0 aromatic carbocycles. The molecule has 0 atom stereocenters. The van der Waals surface area contributed by atoms with Crippen LogP contribution in [0.2, 0.25) is 0 Å². The summed E-state index contributed by atoms with van der Waals surface area (Å²) in [5.41, 5.74) is 1.98. The molecule has 0 aliphatic heterocycles. The van der Waals surface area contributed by atoms with Crippen molar-refractivity contribution in [2.45, 2.75) is 13.8 Å². The molecule has 0 saturated carbocycles. The van der Waals surface area contributed by atoms with Crippen LogP contribution in [-0.2, 0) is 14.2 Å². The van der Waals surface area contributed by atoms with Crippen molar-refractivity contribution in [3.63, 3.8) is 0 Å². The summed E-state index contributed by atoms with van der Waals surface area (Å²) in [5, 5.41) is 9.11. The zero-order valence-corrected chi connectivity index (χ0v) is 12.8. The van der Waals surface area contributed by atoms with E-state index in [9.17, 15) is 0 Å². The van der Waals surface area contributed by atoms with Crippen molar-refractivity contribution in [2.75, 3.05) is 46.8 Å². The van der Waals surface area contributed by atoms with Crippen LogP contribution in [-0.4, -0.2) is 51.7 Å². The molecule has 6 nitrogen and oxygen atoms in total. The molecule has 0 aliphatic carbocycles. The summed E-state index contributed by atoms with van der Waals surface area (Å²) in [6.07, 6.45) is 0. The number of hydrogen-bond donors (Lipinski definition) is 0. The van der Waals surface area contributed by atoms with Gasteiger partial charge in [-0.2, -0.15) is 5.26 Å². The summed E-state index contributed by atoms with van der Waals surface area (Å²) < 4.78 is 21.1. The molecule has 1 rings (SSSR count). The Balaban J connectivity index is 2.23. The lowest BCUT2D eigenvalue weighted by Gasteiger charge is -2.10. The maximum absolute atomic E-state index is 9.11. The van der Waals surface area contributed by atoms with E-state index >= 15 is 0 Å².